The maximum absolute atomic E-state index is 12.1. The van der Waals surface area contributed by atoms with E-state index in [1.54, 1.807) is 4.90 Å². The number of ether oxygens (including phenoxy) is 1. The Kier molecular flexibility index (Phi) is 3.03. The highest BCUT2D eigenvalue weighted by Gasteiger charge is 2.60. The van der Waals surface area contributed by atoms with Crippen LogP contribution in [0.15, 0.2) is 0 Å². The summed E-state index contributed by atoms with van der Waals surface area (Å²) in [5.74, 6) is -0.775. The molecule has 18 heavy (non-hydrogen) atoms. The number of hydrogen-bond acceptors (Lipinski definition) is 3. The van der Waals surface area contributed by atoms with Crippen LogP contribution >= 0.6 is 0 Å². The fraction of sp³-hybridized carbons (Fsp3) is 0.846. The third-order valence-corrected chi connectivity index (χ3v) is 3.73. The highest BCUT2D eigenvalue weighted by atomic mass is 16.6. The summed E-state index contributed by atoms with van der Waals surface area (Å²) in [6.07, 6.45) is 2.60. The molecule has 0 aromatic carbocycles. The SMILES string of the molecule is CC(C)(C)OC(=O)N1CCC[C@H]1C1(C(=O)O)CC1. The highest BCUT2D eigenvalue weighted by Crippen LogP contribution is 2.53. The molecule has 1 N–H and O–H groups in total. The first-order valence-corrected chi connectivity index (χ1v) is 6.49. The zero-order valence-electron chi connectivity index (χ0n) is 11.2. The molecule has 0 bridgehead atoms. The number of carboxylic acids is 1. The van der Waals surface area contributed by atoms with Crippen LogP contribution in [0, 0.1) is 5.41 Å². The minimum absolute atomic E-state index is 0.190. The number of carbonyl (C=O) groups is 2. The molecular formula is C13H21NO4. The Balaban J connectivity index is 2.09. The fourth-order valence-electron chi connectivity index (χ4n) is 2.70. The molecular weight excluding hydrogens is 234 g/mol. The Labute approximate surface area is 107 Å². The van der Waals surface area contributed by atoms with Crippen molar-refractivity contribution in [3.8, 4) is 0 Å². The Bertz CT molecular complexity index is 368. The van der Waals surface area contributed by atoms with Gasteiger partial charge in [0, 0.05) is 6.54 Å². The maximum atomic E-state index is 12.1. The van der Waals surface area contributed by atoms with Crippen LogP contribution in [0.5, 0.6) is 0 Å². The van der Waals surface area contributed by atoms with E-state index in [1.807, 2.05) is 20.8 Å². The van der Waals surface area contributed by atoms with Crippen LogP contribution in [-0.4, -0.2) is 40.3 Å². The minimum Gasteiger partial charge on any atom is -0.481 e. The number of likely N-dealkylation sites (tertiary alicyclic amines) is 1. The summed E-state index contributed by atoms with van der Waals surface area (Å²) in [4.78, 5) is 25.0. The molecule has 1 saturated heterocycles. The summed E-state index contributed by atoms with van der Waals surface area (Å²) < 4.78 is 5.35. The van der Waals surface area contributed by atoms with Gasteiger partial charge in [-0.05, 0) is 46.5 Å². The molecule has 0 unspecified atom stereocenters. The molecule has 1 aliphatic carbocycles. The van der Waals surface area contributed by atoms with Crippen molar-refractivity contribution >= 4 is 12.1 Å². The van der Waals surface area contributed by atoms with Crippen LogP contribution in [0.25, 0.3) is 0 Å². The summed E-state index contributed by atoms with van der Waals surface area (Å²) in [7, 11) is 0. The van der Waals surface area contributed by atoms with Gasteiger partial charge in [0.05, 0.1) is 11.5 Å². The molecule has 1 saturated carbocycles. The van der Waals surface area contributed by atoms with E-state index < -0.39 is 17.0 Å². The lowest BCUT2D eigenvalue weighted by Crippen LogP contribution is -2.46. The average Bonchev–Trinajstić information content (AvgIpc) is 2.87. The fourth-order valence-corrected chi connectivity index (χ4v) is 2.70. The van der Waals surface area contributed by atoms with Gasteiger partial charge < -0.3 is 14.7 Å². The number of carboxylic acid groups (broad SMARTS) is 1. The van der Waals surface area contributed by atoms with Crippen molar-refractivity contribution < 1.29 is 19.4 Å². The van der Waals surface area contributed by atoms with Crippen molar-refractivity contribution in [1.29, 1.82) is 0 Å². The second-order valence-corrected chi connectivity index (χ2v) is 6.29. The smallest absolute Gasteiger partial charge is 0.410 e. The van der Waals surface area contributed by atoms with Gasteiger partial charge in [0.25, 0.3) is 0 Å². The van der Waals surface area contributed by atoms with E-state index in [0.29, 0.717) is 19.4 Å². The molecule has 1 amide bonds. The Morgan fingerprint density at radius 2 is 1.94 bits per heavy atom. The molecule has 1 atom stereocenters. The van der Waals surface area contributed by atoms with Gasteiger partial charge in [-0.15, -0.1) is 0 Å². The van der Waals surface area contributed by atoms with Crippen molar-refractivity contribution in [2.24, 2.45) is 5.41 Å². The quantitative estimate of drug-likeness (QED) is 0.821. The summed E-state index contributed by atoms with van der Waals surface area (Å²) in [6.45, 7) is 6.06. The summed E-state index contributed by atoms with van der Waals surface area (Å²) >= 11 is 0. The van der Waals surface area contributed by atoms with Crippen molar-refractivity contribution in [2.75, 3.05) is 6.54 Å². The zero-order valence-corrected chi connectivity index (χ0v) is 11.2. The van der Waals surface area contributed by atoms with Crippen LogP contribution in [0.2, 0.25) is 0 Å². The summed E-state index contributed by atoms with van der Waals surface area (Å²) in [5.41, 5.74) is -1.24. The van der Waals surface area contributed by atoms with Gasteiger partial charge in [0.2, 0.25) is 0 Å². The summed E-state index contributed by atoms with van der Waals surface area (Å²) in [6, 6.07) is -0.190. The van der Waals surface area contributed by atoms with Gasteiger partial charge >= 0.3 is 12.1 Å². The minimum atomic E-state index is -0.775. The number of rotatable bonds is 2. The lowest BCUT2D eigenvalue weighted by atomic mass is 9.94. The number of nitrogens with zero attached hydrogens (tertiary/aromatic N) is 1. The Morgan fingerprint density at radius 1 is 1.33 bits per heavy atom. The van der Waals surface area contributed by atoms with Gasteiger partial charge in [-0.25, -0.2) is 4.79 Å². The van der Waals surface area contributed by atoms with E-state index >= 15 is 0 Å². The number of hydrogen-bond donors (Lipinski definition) is 1. The maximum Gasteiger partial charge on any atom is 0.410 e. The highest BCUT2D eigenvalue weighted by molar-refractivity contribution is 5.80. The molecule has 5 nitrogen and oxygen atoms in total. The van der Waals surface area contributed by atoms with Crippen LogP contribution in [0.3, 0.4) is 0 Å². The average molecular weight is 255 g/mol. The first-order valence-electron chi connectivity index (χ1n) is 6.49. The van der Waals surface area contributed by atoms with E-state index in [-0.39, 0.29) is 12.1 Å². The van der Waals surface area contributed by atoms with Crippen LogP contribution < -0.4 is 0 Å². The van der Waals surface area contributed by atoms with Crippen molar-refractivity contribution in [3.05, 3.63) is 0 Å². The molecule has 0 aromatic heterocycles. The molecule has 2 fully saturated rings. The van der Waals surface area contributed by atoms with Gasteiger partial charge in [-0.1, -0.05) is 0 Å². The Hall–Kier alpha value is -1.26. The van der Waals surface area contributed by atoms with Gasteiger partial charge in [0.15, 0.2) is 0 Å². The Morgan fingerprint density at radius 3 is 2.39 bits per heavy atom. The van der Waals surface area contributed by atoms with E-state index in [4.69, 9.17) is 4.74 Å². The van der Waals surface area contributed by atoms with Crippen molar-refractivity contribution in [3.63, 3.8) is 0 Å². The molecule has 5 heteroatoms. The number of aliphatic carboxylic acids is 1. The number of amides is 1. The molecule has 1 aliphatic heterocycles. The third kappa shape index (κ3) is 2.31. The van der Waals surface area contributed by atoms with E-state index in [0.717, 1.165) is 12.8 Å². The molecule has 1 heterocycles. The van der Waals surface area contributed by atoms with Gasteiger partial charge in [0.1, 0.15) is 5.60 Å². The topological polar surface area (TPSA) is 66.8 Å². The first kappa shape index (κ1) is 13.2. The second kappa shape index (κ2) is 4.14. The van der Waals surface area contributed by atoms with Gasteiger partial charge in [-0.2, -0.15) is 0 Å². The van der Waals surface area contributed by atoms with Crippen molar-refractivity contribution in [1.82, 2.24) is 4.90 Å². The predicted molar refractivity (Wildman–Crippen MR) is 65.3 cm³/mol. The van der Waals surface area contributed by atoms with Crippen LogP contribution in [0.4, 0.5) is 4.79 Å². The monoisotopic (exact) mass is 255 g/mol. The van der Waals surface area contributed by atoms with E-state index in [1.165, 1.54) is 0 Å². The predicted octanol–water partition coefficient (Wildman–Crippen LogP) is 2.25. The lowest BCUT2D eigenvalue weighted by molar-refractivity contribution is -0.145. The van der Waals surface area contributed by atoms with Gasteiger partial charge in [-0.3, -0.25) is 4.79 Å². The van der Waals surface area contributed by atoms with Crippen LogP contribution in [0.1, 0.15) is 46.5 Å². The zero-order chi connectivity index (χ0) is 13.6. The number of carbonyl (C=O) groups excluding carboxylic acids is 1. The molecule has 0 radical (unpaired) electrons. The molecule has 102 valence electrons. The molecule has 0 spiro atoms. The third-order valence-electron chi connectivity index (χ3n) is 3.73. The largest absolute Gasteiger partial charge is 0.481 e. The molecule has 0 aromatic rings. The van der Waals surface area contributed by atoms with Crippen LogP contribution in [-0.2, 0) is 9.53 Å². The standard InChI is InChI=1S/C13H21NO4/c1-12(2,3)18-11(17)14-8-4-5-9(14)13(6-7-13)10(15)16/h9H,4-8H2,1-3H3,(H,15,16)/t9-/m0/s1. The molecule has 2 rings (SSSR count). The summed E-state index contributed by atoms with van der Waals surface area (Å²) in [5, 5.41) is 9.32. The first-order chi connectivity index (χ1) is 8.26. The van der Waals surface area contributed by atoms with E-state index in [2.05, 4.69) is 0 Å². The lowest BCUT2D eigenvalue weighted by Gasteiger charge is -2.31. The molecule has 2 aliphatic rings. The second-order valence-electron chi connectivity index (χ2n) is 6.29. The van der Waals surface area contributed by atoms with Crippen molar-refractivity contribution in [2.45, 2.75) is 58.1 Å². The normalized spacial score (nSPS) is 25.9. The van der Waals surface area contributed by atoms with E-state index in [9.17, 15) is 14.7 Å².